The van der Waals surface area contributed by atoms with E-state index >= 15 is 0 Å². The number of hydrogen-bond donors (Lipinski definition) is 1. The fraction of sp³-hybridized carbons (Fsp3) is 0.643. The minimum absolute atomic E-state index is 0.0434. The predicted octanol–water partition coefficient (Wildman–Crippen LogP) is 3.87. The zero-order valence-electron chi connectivity index (χ0n) is 12.0. The van der Waals surface area contributed by atoms with Gasteiger partial charge in [-0.3, -0.25) is 0 Å². The molecule has 3 nitrogen and oxygen atoms in total. The largest absolute Gasteiger partial charge is 0.405 e. The van der Waals surface area contributed by atoms with Crippen LogP contribution in [0.3, 0.4) is 0 Å². The Morgan fingerprint density at radius 1 is 1.43 bits per heavy atom. The number of halogens is 4. The summed E-state index contributed by atoms with van der Waals surface area (Å²) in [6.07, 6.45) is -1.07. The minimum atomic E-state index is -4.22. The van der Waals surface area contributed by atoms with E-state index in [4.69, 9.17) is 0 Å². The second-order valence-corrected chi connectivity index (χ2v) is 6.56. The van der Waals surface area contributed by atoms with Crippen LogP contribution in [0.15, 0.2) is 16.7 Å². The molecule has 1 aliphatic rings. The van der Waals surface area contributed by atoms with Crippen molar-refractivity contribution in [3.63, 3.8) is 0 Å². The molecule has 1 aromatic heterocycles. The van der Waals surface area contributed by atoms with Crippen molar-refractivity contribution in [3.8, 4) is 0 Å². The Labute approximate surface area is 131 Å². The third-order valence-electron chi connectivity index (χ3n) is 3.22. The molecule has 2 rings (SSSR count). The van der Waals surface area contributed by atoms with E-state index in [1.54, 1.807) is 6.20 Å². The summed E-state index contributed by atoms with van der Waals surface area (Å²) in [5, 5.41) is 3.24. The maximum atomic E-state index is 12.8. The fourth-order valence-electron chi connectivity index (χ4n) is 2.13. The Morgan fingerprint density at radius 3 is 2.62 bits per heavy atom. The summed E-state index contributed by atoms with van der Waals surface area (Å²) in [6.45, 7) is 3.56. The third kappa shape index (κ3) is 5.14. The molecule has 0 saturated heterocycles. The third-order valence-corrected chi connectivity index (χ3v) is 3.65. The lowest BCUT2D eigenvalue weighted by molar-refractivity contribution is -0.120. The van der Waals surface area contributed by atoms with Gasteiger partial charge < -0.3 is 10.2 Å². The lowest BCUT2D eigenvalue weighted by Gasteiger charge is -2.27. The summed E-state index contributed by atoms with van der Waals surface area (Å²) >= 11 is 3.34. The molecule has 0 amide bonds. The van der Waals surface area contributed by atoms with E-state index in [0.717, 1.165) is 22.9 Å². The summed E-state index contributed by atoms with van der Waals surface area (Å²) in [6, 6.07) is 2.05. The molecular formula is C14H19BrF3N3. The average Bonchev–Trinajstić information content (AvgIpc) is 3.17. The molecule has 1 heterocycles. The molecule has 0 radical (unpaired) electrons. The Kier molecular flexibility index (Phi) is 5.14. The predicted molar refractivity (Wildman–Crippen MR) is 80.3 cm³/mol. The molecule has 21 heavy (non-hydrogen) atoms. The molecule has 0 unspecified atom stereocenters. The Morgan fingerprint density at radius 2 is 2.10 bits per heavy atom. The van der Waals surface area contributed by atoms with Gasteiger partial charge in [-0.2, -0.15) is 13.2 Å². The second kappa shape index (κ2) is 6.52. The molecule has 1 saturated carbocycles. The number of pyridine rings is 1. The highest BCUT2D eigenvalue weighted by atomic mass is 79.9. The van der Waals surface area contributed by atoms with Gasteiger partial charge in [0.25, 0.3) is 0 Å². The topological polar surface area (TPSA) is 28.2 Å². The second-order valence-electron chi connectivity index (χ2n) is 5.65. The van der Waals surface area contributed by atoms with Crippen LogP contribution in [0.2, 0.25) is 0 Å². The number of rotatable bonds is 6. The maximum absolute atomic E-state index is 12.8. The summed E-state index contributed by atoms with van der Waals surface area (Å²) in [7, 11) is 0. The van der Waals surface area contributed by atoms with Gasteiger partial charge in [-0.1, -0.05) is 13.8 Å². The van der Waals surface area contributed by atoms with Crippen LogP contribution < -0.4 is 10.2 Å². The average molecular weight is 366 g/mol. The Balaban J connectivity index is 2.26. The van der Waals surface area contributed by atoms with Crippen molar-refractivity contribution in [1.29, 1.82) is 0 Å². The molecule has 0 spiro atoms. The van der Waals surface area contributed by atoms with Crippen LogP contribution in [0.5, 0.6) is 0 Å². The first-order valence-electron chi connectivity index (χ1n) is 6.97. The first kappa shape index (κ1) is 16.5. The molecule has 0 atom stereocenters. The first-order chi connectivity index (χ1) is 9.76. The van der Waals surface area contributed by atoms with Crippen molar-refractivity contribution in [3.05, 3.63) is 22.3 Å². The van der Waals surface area contributed by atoms with Crippen molar-refractivity contribution in [2.75, 3.05) is 11.4 Å². The molecule has 1 N–H and O–H groups in total. The van der Waals surface area contributed by atoms with E-state index in [-0.39, 0.29) is 12.1 Å². The molecule has 118 valence electrons. The highest BCUT2D eigenvalue weighted by molar-refractivity contribution is 9.10. The van der Waals surface area contributed by atoms with Crippen LogP contribution in [0.25, 0.3) is 0 Å². The number of nitrogens with one attached hydrogen (secondary N) is 1. The highest BCUT2D eigenvalue weighted by Gasteiger charge is 2.39. The maximum Gasteiger partial charge on any atom is 0.405 e. The standard InChI is InChI=1S/C14H19BrF3N3/c1-9(2)19-6-10-5-11(15)7-20-13(10)21(12-3-4-12)8-14(16,17)18/h5,7,9,12,19H,3-4,6,8H2,1-2H3. The van der Waals surface area contributed by atoms with Gasteiger partial charge in [-0.25, -0.2) is 4.98 Å². The van der Waals surface area contributed by atoms with Gasteiger partial charge in [0, 0.05) is 34.9 Å². The molecule has 0 aliphatic heterocycles. The number of hydrogen-bond acceptors (Lipinski definition) is 3. The zero-order valence-corrected chi connectivity index (χ0v) is 13.6. The van der Waals surface area contributed by atoms with E-state index in [1.165, 1.54) is 4.90 Å². The summed E-state index contributed by atoms with van der Waals surface area (Å²) < 4.78 is 39.2. The lowest BCUT2D eigenvalue weighted by Crippen LogP contribution is -2.37. The normalized spacial score (nSPS) is 15.6. The van der Waals surface area contributed by atoms with Crippen LogP contribution in [0.1, 0.15) is 32.3 Å². The Bertz CT molecular complexity index is 487. The van der Waals surface area contributed by atoms with E-state index in [2.05, 4.69) is 26.2 Å². The highest BCUT2D eigenvalue weighted by Crippen LogP contribution is 2.35. The molecule has 0 bridgehead atoms. The van der Waals surface area contributed by atoms with E-state index in [1.807, 2.05) is 19.9 Å². The van der Waals surface area contributed by atoms with Crippen LogP contribution in [0.4, 0.5) is 19.0 Å². The van der Waals surface area contributed by atoms with Gasteiger partial charge in [-0.15, -0.1) is 0 Å². The summed E-state index contributed by atoms with van der Waals surface area (Å²) in [5.74, 6) is 0.436. The molecular weight excluding hydrogens is 347 g/mol. The summed E-state index contributed by atoms with van der Waals surface area (Å²) in [4.78, 5) is 5.63. The van der Waals surface area contributed by atoms with Gasteiger partial charge in [0.05, 0.1) is 0 Å². The van der Waals surface area contributed by atoms with Gasteiger partial charge in [-0.05, 0) is 34.8 Å². The molecule has 1 aliphatic carbocycles. The van der Waals surface area contributed by atoms with E-state index < -0.39 is 12.7 Å². The number of alkyl halides is 3. The number of anilines is 1. The Hall–Kier alpha value is -0.820. The minimum Gasteiger partial charge on any atom is -0.344 e. The number of aromatic nitrogens is 1. The van der Waals surface area contributed by atoms with Crippen molar-refractivity contribution in [2.45, 2.75) is 51.5 Å². The molecule has 7 heteroatoms. The van der Waals surface area contributed by atoms with Gasteiger partial charge in [0.15, 0.2) is 0 Å². The molecule has 1 fully saturated rings. The van der Waals surface area contributed by atoms with Crippen LogP contribution in [0, 0.1) is 0 Å². The van der Waals surface area contributed by atoms with Crippen molar-refractivity contribution >= 4 is 21.7 Å². The van der Waals surface area contributed by atoms with Crippen molar-refractivity contribution in [2.24, 2.45) is 0 Å². The van der Waals surface area contributed by atoms with Gasteiger partial charge in [0.2, 0.25) is 0 Å². The zero-order chi connectivity index (χ0) is 15.6. The van der Waals surface area contributed by atoms with E-state index in [9.17, 15) is 13.2 Å². The first-order valence-corrected chi connectivity index (χ1v) is 7.77. The van der Waals surface area contributed by atoms with Gasteiger partial charge >= 0.3 is 6.18 Å². The fourth-order valence-corrected chi connectivity index (χ4v) is 2.51. The van der Waals surface area contributed by atoms with Gasteiger partial charge in [0.1, 0.15) is 12.4 Å². The van der Waals surface area contributed by atoms with Crippen LogP contribution in [-0.4, -0.2) is 29.8 Å². The van der Waals surface area contributed by atoms with Crippen LogP contribution in [-0.2, 0) is 6.54 Å². The quantitative estimate of drug-likeness (QED) is 0.829. The lowest BCUT2D eigenvalue weighted by atomic mass is 10.2. The van der Waals surface area contributed by atoms with E-state index in [0.29, 0.717) is 12.4 Å². The summed E-state index contributed by atoms with van der Waals surface area (Å²) in [5.41, 5.74) is 0.786. The SMILES string of the molecule is CC(C)NCc1cc(Br)cnc1N(CC(F)(F)F)C1CC1. The smallest absolute Gasteiger partial charge is 0.344 e. The number of nitrogens with zero attached hydrogens (tertiary/aromatic N) is 2. The molecule has 0 aromatic carbocycles. The van der Waals surface area contributed by atoms with Crippen LogP contribution >= 0.6 is 15.9 Å². The molecule has 1 aromatic rings. The van der Waals surface area contributed by atoms with Crippen molar-refractivity contribution < 1.29 is 13.2 Å². The van der Waals surface area contributed by atoms with Crippen molar-refractivity contribution in [1.82, 2.24) is 10.3 Å². The monoisotopic (exact) mass is 365 g/mol.